The summed E-state index contributed by atoms with van der Waals surface area (Å²) < 4.78 is 61.5. The Hall–Kier alpha value is -2.06. The Kier molecular flexibility index (Phi) is 5.74. The molecule has 0 N–H and O–H groups in total. The average molecular weight is 392 g/mol. The van der Waals surface area contributed by atoms with E-state index in [0.717, 1.165) is 24.3 Å². The van der Waals surface area contributed by atoms with Gasteiger partial charge in [0.1, 0.15) is 5.82 Å². The molecule has 2 rings (SSSR count). The van der Waals surface area contributed by atoms with Crippen LogP contribution in [0.1, 0.15) is 15.9 Å². The third kappa shape index (κ3) is 4.13. The van der Waals surface area contributed by atoms with E-state index < -0.39 is 32.2 Å². The van der Waals surface area contributed by atoms with E-state index in [4.69, 9.17) is 11.6 Å². The largest absolute Gasteiger partial charge is 0.341 e. The molecular formula is C16H13ClF3NO3S. The second-order valence-corrected chi connectivity index (χ2v) is 7.52. The number of nitrogens with zero attached hydrogens (tertiary/aromatic N) is 1. The number of alkyl halides is 2. The number of halogens is 4. The first kappa shape index (κ1) is 19.3. The van der Waals surface area contributed by atoms with Gasteiger partial charge in [0.05, 0.1) is 4.90 Å². The van der Waals surface area contributed by atoms with Crippen LogP contribution in [0.3, 0.4) is 0 Å². The Morgan fingerprint density at radius 2 is 1.76 bits per heavy atom. The Labute approximate surface area is 147 Å². The minimum absolute atomic E-state index is 0.0724. The number of sulfone groups is 1. The molecule has 0 fully saturated rings. The Morgan fingerprint density at radius 1 is 1.16 bits per heavy atom. The smallest absolute Gasteiger partial charge is 0.337 e. The number of hydrogen-bond donors (Lipinski definition) is 0. The van der Waals surface area contributed by atoms with Crippen LogP contribution in [0.5, 0.6) is 0 Å². The van der Waals surface area contributed by atoms with Crippen LogP contribution in [0.2, 0.25) is 5.02 Å². The van der Waals surface area contributed by atoms with E-state index in [0.29, 0.717) is 0 Å². The molecule has 0 aromatic heterocycles. The maximum atomic E-state index is 13.8. The third-order valence-corrected chi connectivity index (χ3v) is 5.22. The summed E-state index contributed by atoms with van der Waals surface area (Å²) in [7, 11) is -3.31. The Morgan fingerprint density at radius 3 is 2.28 bits per heavy atom. The maximum Gasteiger partial charge on any atom is 0.341 e. The second-order valence-electron chi connectivity index (χ2n) is 5.19. The summed E-state index contributed by atoms with van der Waals surface area (Å²) in [5, 5.41) is 0.165. The first-order chi connectivity index (χ1) is 11.6. The van der Waals surface area contributed by atoms with Crippen molar-refractivity contribution < 1.29 is 26.4 Å². The summed E-state index contributed by atoms with van der Waals surface area (Å²) in [6, 6.07) is 8.24. The number of benzene rings is 2. The molecule has 0 spiro atoms. The summed E-state index contributed by atoms with van der Waals surface area (Å²) in [6.07, 6.45) is 0. The average Bonchev–Trinajstić information content (AvgIpc) is 2.57. The predicted octanol–water partition coefficient (Wildman–Crippen LogP) is 3.75. The van der Waals surface area contributed by atoms with Crippen LogP contribution in [0.15, 0.2) is 47.4 Å². The zero-order valence-electron chi connectivity index (χ0n) is 12.9. The quantitative estimate of drug-likeness (QED) is 0.780. The van der Waals surface area contributed by atoms with Crippen molar-refractivity contribution in [2.24, 2.45) is 0 Å². The van der Waals surface area contributed by atoms with Crippen LogP contribution in [0.4, 0.5) is 13.2 Å². The predicted molar refractivity (Wildman–Crippen MR) is 86.8 cm³/mol. The molecule has 0 atom stereocenters. The summed E-state index contributed by atoms with van der Waals surface area (Å²) in [4.78, 5) is 12.9. The molecule has 0 unspecified atom stereocenters. The van der Waals surface area contributed by atoms with Gasteiger partial charge in [0.2, 0.25) is 9.84 Å². The lowest BCUT2D eigenvalue weighted by molar-refractivity contribution is 0.0784. The van der Waals surface area contributed by atoms with Gasteiger partial charge in [-0.1, -0.05) is 17.7 Å². The highest BCUT2D eigenvalue weighted by Crippen LogP contribution is 2.22. The fraction of sp³-hybridized carbons (Fsp3) is 0.188. The van der Waals surface area contributed by atoms with Gasteiger partial charge in [-0.2, -0.15) is 8.78 Å². The van der Waals surface area contributed by atoms with Gasteiger partial charge < -0.3 is 4.90 Å². The van der Waals surface area contributed by atoms with Crippen LogP contribution in [-0.4, -0.2) is 32.0 Å². The van der Waals surface area contributed by atoms with Crippen molar-refractivity contribution in [3.63, 3.8) is 0 Å². The van der Waals surface area contributed by atoms with Gasteiger partial charge >= 0.3 is 5.76 Å². The molecule has 0 bridgehead atoms. The minimum atomic E-state index is -4.72. The molecule has 0 aliphatic carbocycles. The fourth-order valence-corrected chi connectivity index (χ4v) is 3.05. The molecular weight excluding hydrogens is 379 g/mol. The van der Waals surface area contributed by atoms with Crippen molar-refractivity contribution in [2.45, 2.75) is 17.2 Å². The number of amides is 1. The second kappa shape index (κ2) is 7.45. The molecule has 2 aromatic carbocycles. The van der Waals surface area contributed by atoms with Crippen LogP contribution in [0, 0.1) is 5.82 Å². The normalized spacial score (nSPS) is 11.6. The lowest BCUT2D eigenvalue weighted by Gasteiger charge is -2.18. The first-order valence-corrected chi connectivity index (χ1v) is 8.87. The highest BCUT2D eigenvalue weighted by molar-refractivity contribution is 7.91. The van der Waals surface area contributed by atoms with E-state index in [2.05, 4.69) is 0 Å². The zero-order valence-corrected chi connectivity index (χ0v) is 14.5. The van der Waals surface area contributed by atoms with E-state index in [1.54, 1.807) is 0 Å². The van der Waals surface area contributed by atoms with Gasteiger partial charge in [-0.25, -0.2) is 12.8 Å². The number of carbonyl (C=O) groups is 1. The SMILES string of the molecule is CN(Cc1c(F)cccc1Cl)C(=O)c1ccc(S(=O)(=O)C(F)F)cc1. The van der Waals surface area contributed by atoms with E-state index in [1.165, 1.54) is 30.1 Å². The van der Waals surface area contributed by atoms with E-state index in [9.17, 15) is 26.4 Å². The van der Waals surface area contributed by atoms with Gasteiger partial charge in [-0.05, 0) is 36.4 Å². The van der Waals surface area contributed by atoms with Gasteiger partial charge in [0.15, 0.2) is 0 Å². The lowest BCUT2D eigenvalue weighted by atomic mass is 10.1. The molecule has 1 amide bonds. The summed E-state index contributed by atoms with van der Waals surface area (Å²) in [6.45, 7) is -0.110. The molecule has 0 aliphatic heterocycles. The molecule has 2 aromatic rings. The third-order valence-electron chi connectivity index (χ3n) is 3.47. The minimum Gasteiger partial charge on any atom is -0.337 e. The highest BCUT2D eigenvalue weighted by atomic mass is 35.5. The summed E-state index contributed by atoms with van der Waals surface area (Å²) in [5.74, 6) is -4.65. The highest BCUT2D eigenvalue weighted by Gasteiger charge is 2.26. The summed E-state index contributed by atoms with van der Waals surface area (Å²) >= 11 is 5.91. The molecule has 4 nitrogen and oxygen atoms in total. The van der Waals surface area contributed by atoms with Gasteiger partial charge in [0.25, 0.3) is 5.91 Å². The molecule has 0 radical (unpaired) electrons. The van der Waals surface area contributed by atoms with Gasteiger partial charge in [0, 0.05) is 29.7 Å². The summed E-state index contributed by atoms with van der Waals surface area (Å²) in [5.41, 5.74) is 0.208. The lowest BCUT2D eigenvalue weighted by Crippen LogP contribution is -2.26. The van der Waals surface area contributed by atoms with Crippen LogP contribution < -0.4 is 0 Å². The zero-order chi connectivity index (χ0) is 18.8. The van der Waals surface area contributed by atoms with Crippen molar-refractivity contribution >= 4 is 27.3 Å². The van der Waals surface area contributed by atoms with E-state index in [1.807, 2.05) is 0 Å². The number of hydrogen-bond acceptors (Lipinski definition) is 3. The fourth-order valence-electron chi connectivity index (χ4n) is 2.10. The molecule has 134 valence electrons. The molecule has 9 heteroatoms. The molecule has 0 heterocycles. The number of carbonyl (C=O) groups excluding carboxylic acids is 1. The van der Waals surface area contributed by atoms with Crippen LogP contribution >= 0.6 is 11.6 Å². The van der Waals surface area contributed by atoms with Crippen molar-refractivity contribution in [1.82, 2.24) is 4.90 Å². The van der Waals surface area contributed by atoms with Crippen molar-refractivity contribution in [1.29, 1.82) is 0 Å². The van der Waals surface area contributed by atoms with Crippen LogP contribution in [0.25, 0.3) is 0 Å². The standard InChI is InChI=1S/C16H13ClF3NO3S/c1-21(9-12-13(17)3-2-4-14(12)18)15(22)10-5-7-11(8-6-10)25(23,24)16(19)20/h2-8,16H,9H2,1H3. The molecule has 0 saturated carbocycles. The van der Waals surface area contributed by atoms with Crippen molar-refractivity contribution in [3.8, 4) is 0 Å². The molecule has 0 aliphatic rings. The first-order valence-electron chi connectivity index (χ1n) is 6.95. The monoisotopic (exact) mass is 391 g/mol. The van der Waals surface area contributed by atoms with Crippen molar-refractivity contribution in [2.75, 3.05) is 7.05 Å². The topological polar surface area (TPSA) is 54.5 Å². The van der Waals surface area contributed by atoms with Gasteiger partial charge in [-0.3, -0.25) is 4.79 Å². The maximum absolute atomic E-state index is 13.8. The van der Waals surface area contributed by atoms with Crippen molar-refractivity contribution in [3.05, 3.63) is 64.4 Å². The number of rotatable bonds is 5. The molecule has 0 saturated heterocycles. The molecule has 25 heavy (non-hydrogen) atoms. The van der Waals surface area contributed by atoms with Gasteiger partial charge in [-0.15, -0.1) is 0 Å². The van der Waals surface area contributed by atoms with Crippen LogP contribution in [-0.2, 0) is 16.4 Å². The van der Waals surface area contributed by atoms with E-state index >= 15 is 0 Å². The Balaban J connectivity index is 2.20. The Bertz CT molecular complexity index is 866. The van der Waals surface area contributed by atoms with E-state index in [-0.39, 0.29) is 22.7 Å².